The second kappa shape index (κ2) is 5.66. The smallest absolute Gasteiger partial charge is 0.167 e. The summed E-state index contributed by atoms with van der Waals surface area (Å²) in [5.41, 5.74) is 8.52. The molecule has 0 saturated carbocycles. The number of halogens is 1. The summed E-state index contributed by atoms with van der Waals surface area (Å²) in [5.74, 6) is 0.103. The Morgan fingerprint density at radius 2 is 1.75 bits per heavy atom. The number of nitrogens with zero attached hydrogens (tertiary/aromatic N) is 3. The average Bonchev–Trinajstić information content (AvgIpc) is 3.07. The first kappa shape index (κ1) is 14.2. The van der Waals surface area contributed by atoms with Gasteiger partial charge in [0.05, 0.1) is 6.20 Å². The van der Waals surface area contributed by atoms with Crippen LogP contribution in [0, 0.1) is 5.82 Å². The summed E-state index contributed by atoms with van der Waals surface area (Å²) in [6.07, 6.45) is 6.97. The van der Waals surface area contributed by atoms with Crippen molar-refractivity contribution in [3.63, 3.8) is 0 Å². The number of anilines is 1. The van der Waals surface area contributed by atoms with E-state index in [0.717, 1.165) is 16.6 Å². The second-order valence-corrected chi connectivity index (χ2v) is 5.28. The van der Waals surface area contributed by atoms with Crippen molar-refractivity contribution < 1.29 is 9.13 Å². The third-order valence-electron chi connectivity index (χ3n) is 3.66. The van der Waals surface area contributed by atoms with E-state index in [-0.39, 0.29) is 5.75 Å². The van der Waals surface area contributed by atoms with Crippen molar-refractivity contribution >= 4 is 11.2 Å². The van der Waals surface area contributed by atoms with Crippen molar-refractivity contribution in [1.82, 2.24) is 14.6 Å². The van der Waals surface area contributed by atoms with Crippen LogP contribution < -0.4 is 10.5 Å². The topological polar surface area (TPSA) is 65.4 Å². The number of rotatable bonds is 3. The van der Waals surface area contributed by atoms with Gasteiger partial charge in [0.1, 0.15) is 5.52 Å². The molecule has 3 heterocycles. The Morgan fingerprint density at radius 1 is 0.917 bits per heavy atom. The van der Waals surface area contributed by atoms with E-state index in [1.807, 2.05) is 24.4 Å². The third kappa shape index (κ3) is 2.54. The van der Waals surface area contributed by atoms with Crippen LogP contribution in [0.5, 0.6) is 11.5 Å². The molecule has 24 heavy (non-hydrogen) atoms. The number of nitrogen functional groups attached to an aromatic ring is 1. The van der Waals surface area contributed by atoms with Gasteiger partial charge >= 0.3 is 0 Å². The highest BCUT2D eigenvalue weighted by Crippen LogP contribution is 2.32. The Hall–Kier alpha value is -3.41. The van der Waals surface area contributed by atoms with Crippen LogP contribution in [-0.2, 0) is 0 Å². The van der Waals surface area contributed by atoms with Crippen molar-refractivity contribution in [1.29, 1.82) is 0 Å². The summed E-state index contributed by atoms with van der Waals surface area (Å²) in [7, 11) is 0. The molecule has 0 aliphatic heterocycles. The normalized spacial score (nSPS) is 10.9. The molecule has 0 saturated heterocycles. The predicted octanol–water partition coefficient (Wildman–Crippen LogP) is 3.91. The van der Waals surface area contributed by atoms with Gasteiger partial charge in [-0.15, -0.1) is 0 Å². The van der Waals surface area contributed by atoms with Crippen LogP contribution in [0.25, 0.3) is 16.6 Å². The second-order valence-electron chi connectivity index (χ2n) is 5.28. The fourth-order valence-electron chi connectivity index (χ4n) is 2.50. The van der Waals surface area contributed by atoms with E-state index in [0.29, 0.717) is 11.4 Å². The minimum atomic E-state index is -0.512. The minimum Gasteiger partial charge on any atom is -0.452 e. The maximum absolute atomic E-state index is 14.0. The first-order valence-electron chi connectivity index (χ1n) is 7.31. The zero-order valence-corrected chi connectivity index (χ0v) is 12.6. The van der Waals surface area contributed by atoms with Gasteiger partial charge in [-0.1, -0.05) is 0 Å². The molecule has 1 aromatic carbocycles. The van der Waals surface area contributed by atoms with Crippen LogP contribution in [0.2, 0.25) is 0 Å². The molecule has 0 aliphatic carbocycles. The molecule has 0 spiro atoms. The lowest BCUT2D eigenvalue weighted by molar-refractivity contribution is 0.445. The monoisotopic (exact) mass is 320 g/mol. The van der Waals surface area contributed by atoms with E-state index < -0.39 is 5.82 Å². The number of pyridine rings is 2. The summed E-state index contributed by atoms with van der Waals surface area (Å²) in [6.45, 7) is 0. The molecule has 2 N–H and O–H groups in total. The summed E-state index contributed by atoms with van der Waals surface area (Å²) >= 11 is 0. The summed E-state index contributed by atoms with van der Waals surface area (Å²) < 4.78 is 21.5. The quantitative estimate of drug-likeness (QED) is 0.581. The van der Waals surface area contributed by atoms with Crippen LogP contribution >= 0.6 is 0 Å². The average molecular weight is 320 g/mol. The number of nitrogens with two attached hydrogens (primary N) is 1. The Bertz CT molecular complexity index is 1010. The van der Waals surface area contributed by atoms with Gasteiger partial charge in [-0.05, 0) is 42.0 Å². The molecule has 6 heteroatoms. The standard InChI is InChI=1S/C18H13FN4O/c19-15-10-14(20)1-2-17(15)24-18-9-13(12-3-6-21-7-4-12)11-23-16(18)5-8-22-23/h1-11H,20H2. The lowest BCUT2D eigenvalue weighted by Crippen LogP contribution is -1.95. The molecule has 0 unspecified atom stereocenters. The van der Waals surface area contributed by atoms with Crippen molar-refractivity contribution in [2.75, 3.05) is 5.73 Å². The van der Waals surface area contributed by atoms with Gasteiger partial charge in [-0.2, -0.15) is 5.10 Å². The summed E-state index contributed by atoms with van der Waals surface area (Å²) in [6, 6.07) is 11.8. The molecule has 4 aromatic rings. The number of benzene rings is 1. The Morgan fingerprint density at radius 3 is 2.54 bits per heavy atom. The van der Waals surface area contributed by atoms with Crippen LogP contribution in [0.1, 0.15) is 0 Å². The fraction of sp³-hybridized carbons (Fsp3) is 0. The lowest BCUT2D eigenvalue weighted by Gasteiger charge is -2.11. The van der Waals surface area contributed by atoms with E-state index in [1.165, 1.54) is 12.1 Å². The highest BCUT2D eigenvalue weighted by Gasteiger charge is 2.11. The third-order valence-corrected chi connectivity index (χ3v) is 3.66. The molecule has 0 amide bonds. The Balaban J connectivity index is 1.83. The number of ether oxygens (including phenoxy) is 1. The minimum absolute atomic E-state index is 0.110. The van der Waals surface area contributed by atoms with Crippen LogP contribution in [0.3, 0.4) is 0 Å². The fourth-order valence-corrected chi connectivity index (χ4v) is 2.50. The van der Waals surface area contributed by atoms with E-state index >= 15 is 0 Å². The largest absolute Gasteiger partial charge is 0.452 e. The Labute approximate surface area is 137 Å². The van der Waals surface area contributed by atoms with Crippen molar-refractivity contribution in [2.45, 2.75) is 0 Å². The van der Waals surface area contributed by atoms with Crippen molar-refractivity contribution in [3.05, 3.63) is 73.1 Å². The SMILES string of the molecule is Nc1ccc(Oc2cc(-c3ccncc3)cn3nccc23)c(F)c1. The molecule has 4 rings (SSSR count). The van der Waals surface area contributed by atoms with Gasteiger partial charge in [-0.25, -0.2) is 8.91 Å². The van der Waals surface area contributed by atoms with Gasteiger partial charge in [-0.3, -0.25) is 4.98 Å². The van der Waals surface area contributed by atoms with E-state index in [2.05, 4.69) is 10.1 Å². The number of hydrogen-bond donors (Lipinski definition) is 1. The zero-order chi connectivity index (χ0) is 16.5. The lowest BCUT2D eigenvalue weighted by atomic mass is 10.1. The molecule has 5 nitrogen and oxygen atoms in total. The van der Waals surface area contributed by atoms with Crippen LogP contribution in [-0.4, -0.2) is 14.6 Å². The predicted molar refractivity (Wildman–Crippen MR) is 89.3 cm³/mol. The molecule has 0 aliphatic rings. The molecule has 0 radical (unpaired) electrons. The highest BCUT2D eigenvalue weighted by molar-refractivity contribution is 5.71. The first-order chi connectivity index (χ1) is 11.7. The van der Waals surface area contributed by atoms with Gasteiger partial charge in [0.25, 0.3) is 0 Å². The molecule has 0 bridgehead atoms. The van der Waals surface area contributed by atoms with Gasteiger partial charge < -0.3 is 10.5 Å². The molecule has 0 atom stereocenters. The maximum atomic E-state index is 14.0. The van der Waals surface area contributed by atoms with E-state index in [9.17, 15) is 4.39 Å². The van der Waals surface area contributed by atoms with E-state index in [4.69, 9.17) is 10.5 Å². The molecular formula is C18H13FN4O. The molecular weight excluding hydrogens is 307 g/mol. The summed E-state index contributed by atoms with van der Waals surface area (Å²) in [4.78, 5) is 4.02. The van der Waals surface area contributed by atoms with Gasteiger partial charge in [0.15, 0.2) is 17.3 Å². The van der Waals surface area contributed by atoms with Gasteiger partial charge in [0, 0.05) is 35.9 Å². The number of fused-ring (bicyclic) bond motifs is 1. The van der Waals surface area contributed by atoms with Crippen LogP contribution in [0.15, 0.2) is 67.3 Å². The molecule has 3 aromatic heterocycles. The van der Waals surface area contributed by atoms with Gasteiger partial charge in [0.2, 0.25) is 0 Å². The first-order valence-corrected chi connectivity index (χ1v) is 7.31. The highest BCUT2D eigenvalue weighted by atomic mass is 19.1. The van der Waals surface area contributed by atoms with Crippen LogP contribution in [0.4, 0.5) is 10.1 Å². The number of aromatic nitrogens is 3. The molecule has 0 fully saturated rings. The van der Waals surface area contributed by atoms with E-state index in [1.54, 1.807) is 35.2 Å². The zero-order valence-electron chi connectivity index (χ0n) is 12.6. The van der Waals surface area contributed by atoms with Crippen molar-refractivity contribution in [2.24, 2.45) is 0 Å². The number of hydrogen-bond acceptors (Lipinski definition) is 4. The Kier molecular flexibility index (Phi) is 3.35. The maximum Gasteiger partial charge on any atom is 0.167 e. The molecule has 118 valence electrons. The summed E-state index contributed by atoms with van der Waals surface area (Å²) in [5, 5.41) is 4.25. The van der Waals surface area contributed by atoms with Crippen molar-refractivity contribution in [3.8, 4) is 22.6 Å².